The molecule has 0 aliphatic carbocycles. The van der Waals surface area contributed by atoms with Crippen molar-refractivity contribution in [2.24, 2.45) is 0 Å². The van der Waals surface area contributed by atoms with Crippen LogP contribution in [0.1, 0.15) is 12.5 Å². The van der Waals surface area contributed by atoms with E-state index in [2.05, 4.69) is 0 Å². The molecule has 0 spiro atoms. The zero-order chi connectivity index (χ0) is 15.7. The van der Waals surface area contributed by atoms with Gasteiger partial charge in [-0.25, -0.2) is 8.42 Å². The third-order valence-corrected chi connectivity index (χ3v) is 5.40. The Morgan fingerprint density at radius 3 is 2.50 bits per heavy atom. The van der Waals surface area contributed by atoms with Crippen LogP contribution in [0.25, 0.3) is 0 Å². The second kappa shape index (κ2) is 6.04. The fourth-order valence-corrected chi connectivity index (χ4v) is 3.43. The number of benzene rings is 1. The number of nitrogens with zero attached hydrogens (tertiary/aromatic N) is 2. The maximum Gasteiger partial charge on any atom is 0.289 e. The standard InChI is InChI=1S/C11H15ClN2O5S/c1-7-4-9(12)10(14(16)17)5-11(7)20(18,19)13(3)8(2)6-15/h4-5,8,15H,6H2,1-3H3. The smallest absolute Gasteiger partial charge is 0.289 e. The fourth-order valence-electron chi connectivity index (χ4n) is 1.57. The van der Waals surface area contributed by atoms with Crippen LogP contribution in [0.4, 0.5) is 5.69 Å². The van der Waals surface area contributed by atoms with E-state index in [1.807, 2.05) is 0 Å². The van der Waals surface area contributed by atoms with Gasteiger partial charge in [0.2, 0.25) is 10.0 Å². The average Bonchev–Trinajstić information content (AvgIpc) is 2.35. The summed E-state index contributed by atoms with van der Waals surface area (Å²) in [5.41, 5.74) is -0.168. The Hall–Kier alpha value is -1.22. The largest absolute Gasteiger partial charge is 0.395 e. The van der Waals surface area contributed by atoms with Crippen LogP contribution in [0.2, 0.25) is 5.02 Å². The minimum Gasteiger partial charge on any atom is -0.395 e. The summed E-state index contributed by atoms with van der Waals surface area (Å²) in [5.74, 6) is 0. The van der Waals surface area contributed by atoms with Crippen LogP contribution in [0.3, 0.4) is 0 Å². The quantitative estimate of drug-likeness (QED) is 0.655. The molecule has 0 aromatic heterocycles. The Labute approximate surface area is 122 Å². The summed E-state index contributed by atoms with van der Waals surface area (Å²) in [6.45, 7) is 2.67. The Balaban J connectivity index is 3.46. The van der Waals surface area contributed by atoms with Gasteiger partial charge < -0.3 is 5.11 Å². The van der Waals surface area contributed by atoms with Crippen molar-refractivity contribution in [1.82, 2.24) is 4.31 Å². The van der Waals surface area contributed by atoms with Crippen LogP contribution in [-0.2, 0) is 10.0 Å². The Bertz CT molecular complexity index is 632. The van der Waals surface area contributed by atoms with Crippen molar-refractivity contribution in [3.05, 3.63) is 32.8 Å². The zero-order valence-corrected chi connectivity index (χ0v) is 12.8. The molecule has 1 unspecified atom stereocenters. The lowest BCUT2D eigenvalue weighted by Gasteiger charge is -2.23. The lowest BCUT2D eigenvalue weighted by Crippen LogP contribution is -2.37. The lowest BCUT2D eigenvalue weighted by atomic mass is 10.2. The van der Waals surface area contributed by atoms with E-state index in [9.17, 15) is 18.5 Å². The molecule has 0 heterocycles. The van der Waals surface area contributed by atoms with Gasteiger partial charge in [0, 0.05) is 19.2 Å². The van der Waals surface area contributed by atoms with E-state index in [0.717, 1.165) is 10.4 Å². The van der Waals surface area contributed by atoms with E-state index < -0.39 is 26.7 Å². The van der Waals surface area contributed by atoms with Gasteiger partial charge in [-0.3, -0.25) is 10.1 Å². The lowest BCUT2D eigenvalue weighted by molar-refractivity contribution is -0.384. The second-order valence-corrected chi connectivity index (χ2v) is 6.75. The predicted octanol–water partition coefficient (Wildman–Crippen LogP) is 1.56. The van der Waals surface area contributed by atoms with E-state index in [1.54, 1.807) is 0 Å². The molecule has 1 aromatic carbocycles. The SMILES string of the molecule is Cc1cc(Cl)c([N+](=O)[O-])cc1S(=O)(=O)N(C)C(C)CO. The number of aliphatic hydroxyl groups excluding tert-OH is 1. The van der Waals surface area contributed by atoms with Gasteiger partial charge in [0.25, 0.3) is 5.69 Å². The highest BCUT2D eigenvalue weighted by Gasteiger charge is 2.29. The maximum atomic E-state index is 12.4. The molecule has 1 rings (SSSR count). The summed E-state index contributed by atoms with van der Waals surface area (Å²) in [5, 5.41) is 19.8. The predicted molar refractivity (Wildman–Crippen MR) is 74.3 cm³/mol. The van der Waals surface area contributed by atoms with Crippen molar-refractivity contribution in [2.75, 3.05) is 13.7 Å². The van der Waals surface area contributed by atoms with E-state index in [4.69, 9.17) is 16.7 Å². The first-order chi connectivity index (χ1) is 9.12. The molecule has 112 valence electrons. The zero-order valence-electron chi connectivity index (χ0n) is 11.2. The minimum absolute atomic E-state index is 0.121. The summed E-state index contributed by atoms with van der Waals surface area (Å²) in [6.07, 6.45) is 0. The van der Waals surface area contributed by atoms with E-state index in [-0.39, 0.29) is 16.5 Å². The summed E-state index contributed by atoms with van der Waals surface area (Å²) >= 11 is 5.73. The van der Waals surface area contributed by atoms with Crippen LogP contribution >= 0.6 is 11.6 Å². The highest BCUT2D eigenvalue weighted by Crippen LogP contribution is 2.31. The molecular formula is C11H15ClN2O5S. The number of nitro groups is 1. The molecule has 7 nitrogen and oxygen atoms in total. The molecule has 0 saturated heterocycles. The highest BCUT2D eigenvalue weighted by molar-refractivity contribution is 7.89. The molecule has 0 aliphatic rings. The van der Waals surface area contributed by atoms with Crippen LogP contribution in [-0.4, -0.2) is 42.4 Å². The van der Waals surface area contributed by atoms with Crippen molar-refractivity contribution in [2.45, 2.75) is 24.8 Å². The maximum absolute atomic E-state index is 12.4. The van der Waals surface area contributed by atoms with Crippen LogP contribution < -0.4 is 0 Å². The first kappa shape index (κ1) is 16.8. The number of halogens is 1. The van der Waals surface area contributed by atoms with Gasteiger partial charge in [0.05, 0.1) is 16.4 Å². The summed E-state index contributed by atoms with van der Waals surface area (Å²) < 4.78 is 25.7. The first-order valence-electron chi connectivity index (χ1n) is 5.66. The molecule has 20 heavy (non-hydrogen) atoms. The van der Waals surface area contributed by atoms with E-state index >= 15 is 0 Å². The average molecular weight is 323 g/mol. The van der Waals surface area contributed by atoms with Crippen molar-refractivity contribution in [1.29, 1.82) is 0 Å². The Morgan fingerprint density at radius 1 is 1.50 bits per heavy atom. The van der Waals surface area contributed by atoms with Crippen LogP contribution in [0.5, 0.6) is 0 Å². The van der Waals surface area contributed by atoms with Gasteiger partial charge in [-0.1, -0.05) is 11.6 Å². The normalized spacial score (nSPS) is 13.5. The van der Waals surface area contributed by atoms with Crippen molar-refractivity contribution >= 4 is 27.3 Å². The molecule has 1 atom stereocenters. The molecule has 0 saturated carbocycles. The molecule has 1 N–H and O–H groups in total. The first-order valence-corrected chi connectivity index (χ1v) is 7.48. The molecule has 0 amide bonds. The van der Waals surface area contributed by atoms with Gasteiger partial charge in [-0.2, -0.15) is 4.31 Å². The molecule has 0 aliphatic heterocycles. The highest BCUT2D eigenvalue weighted by atomic mass is 35.5. The van der Waals surface area contributed by atoms with Gasteiger partial charge >= 0.3 is 0 Å². The van der Waals surface area contributed by atoms with Crippen molar-refractivity contribution in [3.8, 4) is 0 Å². The number of aryl methyl sites for hydroxylation is 1. The Kier molecular flexibility index (Phi) is 5.09. The van der Waals surface area contributed by atoms with Crippen molar-refractivity contribution in [3.63, 3.8) is 0 Å². The third kappa shape index (κ3) is 3.09. The minimum atomic E-state index is -3.94. The van der Waals surface area contributed by atoms with Gasteiger partial charge in [0.1, 0.15) is 5.02 Å². The summed E-state index contributed by atoms with van der Waals surface area (Å²) in [4.78, 5) is 9.91. The Morgan fingerprint density at radius 2 is 2.05 bits per heavy atom. The molecule has 9 heteroatoms. The fraction of sp³-hybridized carbons (Fsp3) is 0.455. The summed E-state index contributed by atoms with van der Waals surface area (Å²) in [6, 6.07) is 1.53. The number of likely N-dealkylation sites (N-methyl/N-ethyl adjacent to an activating group) is 1. The van der Waals surface area contributed by atoms with E-state index in [0.29, 0.717) is 5.56 Å². The number of nitro benzene ring substituents is 1. The number of aliphatic hydroxyl groups is 1. The third-order valence-electron chi connectivity index (χ3n) is 2.98. The van der Waals surface area contributed by atoms with Gasteiger partial charge in [-0.15, -0.1) is 0 Å². The van der Waals surface area contributed by atoms with Crippen molar-refractivity contribution < 1.29 is 18.4 Å². The number of rotatable bonds is 5. The molecular weight excluding hydrogens is 308 g/mol. The topological polar surface area (TPSA) is 101 Å². The molecule has 1 aromatic rings. The summed E-state index contributed by atoms with van der Waals surface area (Å²) in [7, 11) is -2.64. The number of sulfonamides is 1. The van der Waals surface area contributed by atoms with Gasteiger partial charge in [-0.05, 0) is 25.5 Å². The number of hydrogen-bond acceptors (Lipinski definition) is 5. The second-order valence-electron chi connectivity index (χ2n) is 4.38. The van der Waals surface area contributed by atoms with E-state index in [1.165, 1.54) is 27.0 Å². The molecule has 0 radical (unpaired) electrons. The molecule has 0 bridgehead atoms. The van der Waals surface area contributed by atoms with Crippen LogP contribution in [0.15, 0.2) is 17.0 Å². The van der Waals surface area contributed by atoms with Crippen LogP contribution in [0, 0.1) is 17.0 Å². The molecule has 0 fully saturated rings. The number of hydrogen-bond donors (Lipinski definition) is 1. The van der Waals surface area contributed by atoms with Gasteiger partial charge in [0.15, 0.2) is 0 Å². The monoisotopic (exact) mass is 322 g/mol.